The largest absolute Gasteiger partial charge is 0.383 e. The van der Waals surface area contributed by atoms with Crippen LogP contribution in [0.3, 0.4) is 0 Å². The highest BCUT2D eigenvalue weighted by Crippen LogP contribution is 2.08. The van der Waals surface area contributed by atoms with Crippen LogP contribution in [-0.4, -0.2) is 75.2 Å². The number of amides is 1. The summed E-state index contributed by atoms with van der Waals surface area (Å²) in [7, 11) is 3.77. The van der Waals surface area contributed by atoms with Crippen molar-refractivity contribution < 1.29 is 9.53 Å². The van der Waals surface area contributed by atoms with Gasteiger partial charge < -0.3 is 19.9 Å². The van der Waals surface area contributed by atoms with Crippen LogP contribution in [0.5, 0.6) is 0 Å². The molecule has 1 fully saturated rings. The third-order valence-electron chi connectivity index (χ3n) is 3.41. The van der Waals surface area contributed by atoms with E-state index >= 15 is 0 Å². The number of carbonyl (C=O) groups excluding carboxylic acids is 1. The SMILES string of the molecule is COCCN(C)CCNC(C)C(=O)N1CCCC1. The van der Waals surface area contributed by atoms with Gasteiger partial charge in [0.05, 0.1) is 12.6 Å². The van der Waals surface area contributed by atoms with Crippen LogP contribution in [0.1, 0.15) is 19.8 Å². The zero-order valence-corrected chi connectivity index (χ0v) is 11.9. The van der Waals surface area contributed by atoms with Crippen molar-refractivity contribution in [2.24, 2.45) is 0 Å². The molecule has 1 rings (SSSR count). The van der Waals surface area contributed by atoms with E-state index in [1.54, 1.807) is 7.11 Å². The lowest BCUT2D eigenvalue weighted by Gasteiger charge is -2.22. The summed E-state index contributed by atoms with van der Waals surface area (Å²) in [5.74, 6) is 0.243. The molecule has 0 aromatic rings. The molecule has 1 aliphatic heterocycles. The molecule has 1 saturated heterocycles. The highest BCUT2D eigenvalue weighted by Gasteiger charge is 2.22. The Kier molecular flexibility index (Phi) is 7.23. The molecule has 0 spiro atoms. The van der Waals surface area contributed by atoms with Crippen molar-refractivity contribution in [1.82, 2.24) is 15.1 Å². The second-order valence-corrected chi connectivity index (χ2v) is 5.00. The van der Waals surface area contributed by atoms with E-state index in [1.165, 1.54) is 0 Å². The number of ether oxygens (including phenoxy) is 1. The summed E-state index contributed by atoms with van der Waals surface area (Å²) in [6.07, 6.45) is 2.30. The molecule has 0 aromatic heterocycles. The first-order valence-corrected chi connectivity index (χ1v) is 6.85. The number of nitrogens with one attached hydrogen (secondary N) is 1. The van der Waals surface area contributed by atoms with Crippen molar-refractivity contribution in [1.29, 1.82) is 0 Å². The van der Waals surface area contributed by atoms with Crippen molar-refractivity contribution in [3.05, 3.63) is 0 Å². The third kappa shape index (κ3) is 5.33. The van der Waals surface area contributed by atoms with Crippen molar-refractivity contribution >= 4 is 5.91 Å². The number of nitrogens with zero attached hydrogens (tertiary/aromatic N) is 2. The number of likely N-dealkylation sites (N-methyl/N-ethyl adjacent to an activating group) is 1. The van der Waals surface area contributed by atoms with Gasteiger partial charge in [0, 0.05) is 39.8 Å². The molecular weight excluding hydrogens is 230 g/mol. The first-order chi connectivity index (χ1) is 8.65. The van der Waals surface area contributed by atoms with Crippen molar-refractivity contribution in [3.8, 4) is 0 Å². The number of rotatable bonds is 8. The van der Waals surface area contributed by atoms with Gasteiger partial charge in [-0.25, -0.2) is 0 Å². The van der Waals surface area contributed by atoms with Gasteiger partial charge in [0.15, 0.2) is 0 Å². The average molecular weight is 257 g/mol. The van der Waals surface area contributed by atoms with E-state index in [0.29, 0.717) is 0 Å². The van der Waals surface area contributed by atoms with E-state index in [-0.39, 0.29) is 11.9 Å². The van der Waals surface area contributed by atoms with E-state index in [9.17, 15) is 4.79 Å². The molecule has 0 radical (unpaired) electrons. The van der Waals surface area contributed by atoms with E-state index in [4.69, 9.17) is 4.74 Å². The fourth-order valence-corrected chi connectivity index (χ4v) is 2.13. The summed E-state index contributed by atoms with van der Waals surface area (Å²) in [6.45, 7) is 7.25. The van der Waals surface area contributed by atoms with Crippen LogP contribution in [0.2, 0.25) is 0 Å². The van der Waals surface area contributed by atoms with Crippen molar-refractivity contribution in [2.75, 3.05) is 53.5 Å². The smallest absolute Gasteiger partial charge is 0.239 e. The number of likely N-dealkylation sites (tertiary alicyclic amines) is 1. The number of carbonyl (C=O) groups is 1. The van der Waals surface area contributed by atoms with E-state index < -0.39 is 0 Å². The Bertz CT molecular complexity index is 242. The van der Waals surface area contributed by atoms with Crippen molar-refractivity contribution in [3.63, 3.8) is 0 Å². The van der Waals surface area contributed by atoms with Gasteiger partial charge in [0.2, 0.25) is 5.91 Å². The molecule has 0 bridgehead atoms. The van der Waals surface area contributed by atoms with Crippen LogP contribution in [0.15, 0.2) is 0 Å². The van der Waals surface area contributed by atoms with E-state index in [0.717, 1.165) is 52.2 Å². The van der Waals surface area contributed by atoms with Crippen LogP contribution >= 0.6 is 0 Å². The molecule has 0 aliphatic carbocycles. The Hall–Kier alpha value is -0.650. The molecular formula is C13H27N3O2. The molecule has 18 heavy (non-hydrogen) atoms. The van der Waals surface area contributed by atoms with Gasteiger partial charge in [-0.15, -0.1) is 0 Å². The summed E-state index contributed by atoms with van der Waals surface area (Å²) in [4.78, 5) is 16.2. The lowest BCUT2D eigenvalue weighted by molar-refractivity contribution is -0.131. The molecule has 5 nitrogen and oxygen atoms in total. The minimum Gasteiger partial charge on any atom is -0.383 e. The lowest BCUT2D eigenvalue weighted by atomic mass is 10.3. The summed E-state index contributed by atoms with van der Waals surface area (Å²) in [5.41, 5.74) is 0. The molecule has 1 amide bonds. The minimum absolute atomic E-state index is 0.0704. The monoisotopic (exact) mass is 257 g/mol. The Morgan fingerprint density at radius 3 is 2.67 bits per heavy atom. The maximum absolute atomic E-state index is 12.0. The summed E-state index contributed by atoms with van der Waals surface area (Å²) in [5, 5.41) is 3.29. The average Bonchev–Trinajstić information content (AvgIpc) is 2.89. The Labute approximate surface area is 110 Å². The van der Waals surface area contributed by atoms with Crippen LogP contribution in [0.4, 0.5) is 0 Å². The van der Waals surface area contributed by atoms with E-state index in [2.05, 4.69) is 17.3 Å². The topological polar surface area (TPSA) is 44.8 Å². The second-order valence-electron chi connectivity index (χ2n) is 5.00. The fourth-order valence-electron chi connectivity index (χ4n) is 2.13. The molecule has 1 aliphatic rings. The normalized spacial score (nSPS) is 17.4. The van der Waals surface area contributed by atoms with Crippen LogP contribution < -0.4 is 5.32 Å². The first-order valence-electron chi connectivity index (χ1n) is 6.85. The zero-order chi connectivity index (χ0) is 13.4. The van der Waals surface area contributed by atoms with Gasteiger partial charge in [0.1, 0.15) is 0 Å². The van der Waals surface area contributed by atoms with Gasteiger partial charge in [-0.3, -0.25) is 4.79 Å². The van der Waals surface area contributed by atoms with Crippen LogP contribution in [-0.2, 0) is 9.53 Å². The lowest BCUT2D eigenvalue weighted by Crippen LogP contribution is -2.45. The van der Waals surface area contributed by atoms with Gasteiger partial charge >= 0.3 is 0 Å². The number of methoxy groups -OCH3 is 1. The van der Waals surface area contributed by atoms with Gasteiger partial charge in [0.25, 0.3) is 0 Å². The second kappa shape index (κ2) is 8.45. The van der Waals surface area contributed by atoms with Crippen LogP contribution in [0, 0.1) is 0 Å². The highest BCUT2D eigenvalue weighted by molar-refractivity contribution is 5.81. The molecule has 1 heterocycles. The quantitative estimate of drug-likeness (QED) is 0.673. The predicted octanol–water partition coefficient (Wildman–Crippen LogP) is 0.165. The van der Waals surface area contributed by atoms with E-state index in [1.807, 2.05) is 11.8 Å². The maximum Gasteiger partial charge on any atom is 0.239 e. The highest BCUT2D eigenvalue weighted by atomic mass is 16.5. The van der Waals surface area contributed by atoms with Gasteiger partial charge in [-0.1, -0.05) is 0 Å². The summed E-state index contributed by atoms with van der Waals surface area (Å²) < 4.78 is 5.02. The Balaban J connectivity index is 2.12. The number of hydrogen-bond donors (Lipinski definition) is 1. The van der Waals surface area contributed by atoms with Crippen LogP contribution in [0.25, 0.3) is 0 Å². The van der Waals surface area contributed by atoms with Crippen molar-refractivity contribution in [2.45, 2.75) is 25.8 Å². The molecule has 1 N–H and O–H groups in total. The third-order valence-corrected chi connectivity index (χ3v) is 3.41. The summed E-state index contributed by atoms with van der Waals surface area (Å²) in [6, 6.07) is -0.0704. The minimum atomic E-state index is -0.0704. The first kappa shape index (κ1) is 15.4. The number of hydrogen-bond acceptors (Lipinski definition) is 4. The molecule has 106 valence electrons. The molecule has 1 unspecified atom stereocenters. The zero-order valence-electron chi connectivity index (χ0n) is 11.9. The Morgan fingerprint density at radius 2 is 2.06 bits per heavy atom. The fraction of sp³-hybridized carbons (Fsp3) is 0.923. The molecule has 0 aromatic carbocycles. The van der Waals surface area contributed by atoms with Gasteiger partial charge in [-0.05, 0) is 26.8 Å². The predicted molar refractivity (Wildman–Crippen MR) is 72.7 cm³/mol. The molecule has 1 atom stereocenters. The molecule has 0 saturated carbocycles. The van der Waals surface area contributed by atoms with Gasteiger partial charge in [-0.2, -0.15) is 0 Å². The summed E-state index contributed by atoms with van der Waals surface area (Å²) >= 11 is 0. The molecule has 5 heteroatoms. The standard InChI is InChI=1S/C13H27N3O2/c1-12(13(17)16-7-4-5-8-16)14-6-9-15(2)10-11-18-3/h12,14H,4-11H2,1-3H3. The maximum atomic E-state index is 12.0. The Morgan fingerprint density at radius 1 is 1.39 bits per heavy atom.